The third-order valence-corrected chi connectivity index (χ3v) is 2.78. The molecule has 1 aromatic carbocycles. The standard InChI is InChI=1S/C14H16N4O2/c15-13(19)3-1-8-16-14(20)11-4-6-12(7-5-11)18-10-2-9-17-18/h2,4-7,9-10H,1,3,8H2,(H2,15,19)(H,16,20). The van der Waals surface area contributed by atoms with Crippen molar-refractivity contribution in [3.05, 3.63) is 48.3 Å². The van der Waals surface area contributed by atoms with E-state index in [1.165, 1.54) is 0 Å². The number of nitrogens with two attached hydrogens (primary N) is 1. The van der Waals surface area contributed by atoms with E-state index in [9.17, 15) is 9.59 Å². The number of carbonyl (C=O) groups is 2. The molecule has 0 atom stereocenters. The van der Waals surface area contributed by atoms with Gasteiger partial charge in [-0.05, 0) is 36.8 Å². The van der Waals surface area contributed by atoms with E-state index in [1.54, 1.807) is 23.0 Å². The molecule has 0 fully saturated rings. The quantitative estimate of drug-likeness (QED) is 0.764. The molecule has 1 aromatic heterocycles. The van der Waals surface area contributed by atoms with Gasteiger partial charge in [-0.3, -0.25) is 9.59 Å². The van der Waals surface area contributed by atoms with Crippen LogP contribution >= 0.6 is 0 Å². The molecule has 104 valence electrons. The van der Waals surface area contributed by atoms with Crippen LogP contribution in [-0.2, 0) is 4.79 Å². The monoisotopic (exact) mass is 272 g/mol. The summed E-state index contributed by atoms with van der Waals surface area (Å²) in [4.78, 5) is 22.4. The SMILES string of the molecule is NC(=O)CCCNC(=O)c1ccc(-n2cccn2)cc1. The van der Waals surface area contributed by atoms with E-state index in [2.05, 4.69) is 10.4 Å². The van der Waals surface area contributed by atoms with Gasteiger partial charge in [0, 0.05) is 30.9 Å². The second-order valence-electron chi connectivity index (χ2n) is 4.32. The summed E-state index contributed by atoms with van der Waals surface area (Å²) >= 11 is 0. The lowest BCUT2D eigenvalue weighted by atomic mass is 10.2. The van der Waals surface area contributed by atoms with Gasteiger partial charge in [0.1, 0.15) is 0 Å². The highest BCUT2D eigenvalue weighted by atomic mass is 16.2. The lowest BCUT2D eigenvalue weighted by Gasteiger charge is -2.06. The summed E-state index contributed by atoms with van der Waals surface area (Å²) in [5.41, 5.74) is 6.48. The van der Waals surface area contributed by atoms with Crippen LogP contribution in [0.25, 0.3) is 5.69 Å². The summed E-state index contributed by atoms with van der Waals surface area (Å²) in [6, 6.07) is 8.96. The molecule has 2 amide bonds. The number of hydrogen-bond acceptors (Lipinski definition) is 3. The maximum Gasteiger partial charge on any atom is 0.251 e. The number of nitrogens with one attached hydrogen (secondary N) is 1. The van der Waals surface area contributed by atoms with Gasteiger partial charge in [-0.2, -0.15) is 5.10 Å². The van der Waals surface area contributed by atoms with Crippen LogP contribution in [0.15, 0.2) is 42.7 Å². The van der Waals surface area contributed by atoms with Crippen LogP contribution in [0.5, 0.6) is 0 Å². The molecule has 0 unspecified atom stereocenters. The Labute approximate surface area is 116 Å². The Hall–Kier alpha value is -2.63. The lowest BCUT2D eigenvalue weighted by Crippen LogP contribution is -2.25. The van der Waals surface area contributed by atoms with E-state index in [1.807, 2.05) is 24.4 Å². The van der Waals surface area contributed by atoms with Crippen LogP contribution in [0.1, 0.15) is 23.2 Å². The van der Waals surface area contributed by atoms with Gasteiger partial charge >= 0.3 is 0 Å². The number of carbonyl (C=O) groups excluding carboxylic acids is 2. The van der Waals surface area contributed by atoms with Crippen LogP contribution in [0.3, 0.4) is 0 Å². The lowest BCUT2D eigenvalue weighted by molar-refractivity contribution is -0.118. The molecular weight excluding hydrogens is 256 g/mol. The van der Waals surface area contributed by atoms with E-state index in [0.29, 0.717) is 18.5 Å². The molecule has 0 bridgehead atoms. The van der Waals surface area contributed by atoms with Crippen molar-refractivity contribution in [3.63, 3.8) is 0 Å². The van der Waals surface area contributed by atoms with Gasteiger partial charge in [0.2, 0.25) is 5.91 Å². The number of benzene rings is 1. The zero-order chi connectivity index (χ0) is 14.4. The Morgan fingerprint density at radius 1 is 1.25 bits per heavy atom. The first kappa shape index (κ1) is 13.8. The van der Waals surface area contributed by atoms with Gasteiger partial charge in [0.25, 0.3) is 5.91 Å². The maximum atomic E-state index is 11.8. The van der Waals surface area contributed by atoms with Crippen molar-refractivity contribution >= 4 is 11.8 Å². The van der Waals surface area contributed by atoms with Crippen LogP contribution in [0.2, 0.25) is 0 Å². The van der Waals surface area contributed by atoms with Crippen molar-refractivity contribution in [2.45, 2.75) is 12.8 Å². The van der Waals surface area contributed by atoms with E-state index in [4.69, 9.17) is 5.73 Å². The largest absolute Gasteiger partial charge is 0.370 e. The molecular formula is C14H16N4O2. The van der Waals surface area contributed by atoms with E-state index < -0.39 is 0 Å². The molecule has 0 aliphatic rings. The minimum atomic E-state index is -0.358. The number of amides is 2. The molecule has 3 N–H and O–H groups in total. The number of nitrogens with zero attached hydrogens (tertiary/aromatic N) is 2. The Morgan fingerprint density at radius 2 is 2.00 bits per heavy atom. The van der Waals surface area contributed by atoms with Crippen molar-refractivity contribution < 1.29 is 9.59 Å². The average Bonchev–Trinajstić information content (AvgIpc) is 2.97. The van der Waals surface area contributed by atoms with Crippen LogP contribution in [-0.4, -0.2) is 28.1 Å². The van der Waals surface area contributed by atoms with Gasteiger partial charge in [-0.1, -0.05) is 0 Å². The number of aromatic nitrogens is 2. The Kier molecular flexibility index (Phi) is 4.49. The molecule has 2 rings (SSSR count). The first-order valence-electron chi connectivity index (χ1n) is 6.33. The smallest absolute Gasteiger partial charge is 0.251 e. The predicted molar refractivity (Wildman–Crippen MR) is 74.3 cm³/mol. The molecule has 0 spiro atoms. The Balaban J connectivity index is 1.89. The average molecular weight is 272 g/mol. The molecule has 6 nitrogen and oxygen atoms in total. The predicted octanol–water partition coefficient (Wildman–Crippen LogP) is 0.868. The Bertz CT molecular complexity index is 576. The highest BCUT2D eigenvalue weighted by Gasteiger charge is 2.05. The normalized spacial score (nSPS) is 10.2. The zero-order valence-electron chi connectivity index (χ0n) is 11.0. The third kappa shape index (κ3) is 3.68. The maximum absolute atomic E-state index is 11.8. The molecule has 0 saturated carbocycles. The molecule has 0 aliphatic carbocycles. The highest BCUT2D eigenvalue weighted by molar-refractivity contribution is 5.94. The van der Waals surface area contributed by atoms with E-state index >= 15 is 0 Å². The van der Waals surface area contributed by atoms with Gasteiger partial charge in [0.15, 0.2) is 0 Å². The van der Waals surface area contributed by atoms with Crippen LogP contribution in [0, 0.1) is 0 Å². The van der Waals surface area contributed by atoms with Gasteiger partial charge in [-0.15, -0.1) is 0 Å². The summed E-state index contributed by atoms with van der Waals surface area (Å²) in [5.74, 6) is -0.524. The molecule has 0 radical (unpaired) electrons. The summed E-state index contributed by atoms with van der Waals surface area (Å²) in [6.45, 7) is 0.433. The second-order valence-corrected chi connectivity index (χ2v) is 4.32. The number of rotatable bonds is 6. The molecule has 6 heteroatoms. The first-order chi connectivity index (χ1) is 9.66. The summed E-state index contributed by atoms with van der Waals surface area (Å²) < 4.78 is 1.72. The third-order valence-electron chi connectivity index (χ3n) is 2.78. The fourth-order valence-corrected chi connectivity index (χ4v) is 1.75. The fourth-order valence-electron chi connectivity index (χ4n) is 1.75. The van der Waals surface area contributed by atoms with Gasteiger partial charge in [0.05, 0.1) is 5.69 Å². The topological polar surface area (TPSA) is 90.0 Å². The molecule has 2 aromatic rings. The van der Waals surface area contributed by atoms with E-state index in [0.717, 1.165) is 5.69 Å². The molecule has 0 saturated heterocycles. The van der Waals surface area contributed by atoms with Crippen molar-refractivity contribution in [2.24, 2.45) is 5.73 Å². The summed E-state index contributed by atoms with van der Waals surface area (Å²) in [7, 11) is 0. The minimum absolute atomic E-state index is 0.165. The number of hydrogen-bond donors (Lipinski definition) is 2. The molecule has 20 heavy (non-hydrogen) atoms. The first-order valence-corrected chi connectivity index (χ1v) is 6.33. The number of primary amides is 1. The van der Waals surface area contributed by atoms with Crippen molar-refractivity contribution in [3.8, 4) is 5.69 Å². The molecule has 1 heterocycles. The van der Waals surface area contributed by atoms with E-state index in [-0.39, 0.29) is 18.2 Å². The van der Waals surface area contributed by atoms with Crippen molar-refractivity contribution in [2.75, 3.05) is 6.54 Å². The summed E-state index contributed by atoms with van der Waals surface area (Å²) in [5, 5.41) is 6.85. The second kappa shape index (κ2) is 6.51. The zero-order valence-corrected chi connectivity index (χ0v) is 11.0. The van der Waals surface area contributed by atoms with Crippen molar-refractivity contribution in [1.29, 1.82) is 0 Å². The fraction of sp³-hybridized carbons (Fsp3) is 0.214. The Morgan fingerprint density at radius 3 is 2.60 bits per heavy atom. The molecule has 0 aliphatic heterocycles. The highest BCUT2D eigenvalue weighted by Crippen LogP contribution is 2.08. The van der Waals surface area contributed by atoms with Gasteiger partial charge < -0.3 is 11.1 Å². The van der Waals surface area contributed by atoms with Crippen LogP contribution < -0.4 is 11.1 Å². The van der Waals surface area contributed by atoms with Gasteiger partial charge in [-0.25, -0.2) is 4.68 Å². The summed E-state index contributed by atoms with van der Waals surface area (Å²) in [6.07, 6.45) is 4.35. The van der Waals surface area contributed by atoms with Crippen LogP contribution in [0.4, 0.5) is 0 Å². The van der Waals surface area contributed by atoms with Crippen molar-refractivity contribution in [1.82, 2.24) is 15.1 Å². The minimum Gasteiger partial charge on any atom is -0.370 e.